The standard InChI is InChI=1S/C13H12F2N2O/c14-10-3-1-2-9(13(10)15)11(18)6-8-4-5-17-12(16)7-8/h1-5,7,11,18H,6H2,(H2,16,17). The van der Waals surface area contributed by atoms with E-state index in [0.717, 1.165) is 6.07 Å². The fraction of sp³-hybridized carbons (Fsp3) is 0.154. The number of nitrogens with two attached hydrogens (primary N) is 1. The van der Waals surface area contributed by atoms with Crippen LogP contribution in [-0.4, -0.2) is 10.1 Å². The summed E-state index contributed by atoms with van der Waals surface area (Å²) in [5, 5.41) is 9.90. The number of hydrogen-bond acceptors (Lipinski definition) is 3. The quantitative estimate of drug-likeness (QED) is 0.878. The second kappa shape index (κ2) is 5.10. The molecule has 0 saturated heterocycles. The van der Waals surface area contributed by atoms with Gasteiger partial charge in [0.25, 0.3) is 0 Å². The maximum Gasteiger partial charge on any atom is 0.164 e. The molecule has 0 radical (unpaired) electrons. The Balaban J connectivity index is 2.22. The lowest BCUT2D eigenvalue weighted by atomic mass is 10.0. The third-order valence-electron chi connectivity index (χ3n) is 2.62. The molecule has 18 heavy (non-hydrogen) atoms. The minimum absolute atomic E-state index is 0.0645. The average Bonchev–Trinajstić information content (AvgIpc) is 2.32. The summed E-state index contributed by atoms with van der Waals surface area (Å²) in [7, 11) is 0. The van der Waals surface area contributed by atoms with Crippen LogP contribution < -0.4 is 5.73 Å². The van der Waals surface area contributed by atoms with Crippen molar-refractivity contribution in [2.45, 2.75) is 12.5 Å². The molecule has 0 spiro atoms. The molecule has 0 aliphatic heterocycles. The topological polar surface area (TPSA) is 59.1 Å². The molecule has 3 N–H and O–H groups in total. The first-order valence-electron chi connectivity index (χ1n) is 5.40. The summed E-state index contributed by atoms with van der Waals surface area (Å²) in [4.78, 5) is 3.81. The zero-order chi connectivity index (χ0) is 13.1. The second-order valence-corrected chi connectivity index (χ2v) is 3.95. The van der Waals surface area contributed by atoms with Crippen LogP contribution in [0.3, 0.4) is 0 Å². The number of halogens is 2. The lowest BCUT2D eigenvalue weighted by molar-refractivity contribution is 0.172. The summed E-state index contributed by atoms with van der Waals surface area (Å²) in [5.41, 5.74) is 6.14. The average molecular weight is 250 g/mol. The molecule has 1 aromatic carbocycles. The highest BCUT2D eigenvalue weighted by Crippen LogP contribution is 2.22. The molecule has 0 bridgehead atoms. The van der Waals surface area contributed by atoms with E-state index >= 15 is 0 Å². The predicted octanol–water partition coefficient (Wildman–Crippen LogP) is 2.22. The molecule has 3 nitrogen and oxygen atoms in total. The Bertz CT molecular complexity index is 560. The van der Waals surface area contributed by atoms with Crippen LogP contribution in [0.25, 0.3) is 0 Å². The number of aliphatic hydroxyl groups excluding tert-OH is 1. The largest absolute Gasteiger partial charge is 0.388 e. The highest BCUT2D eigenvalue weighted by atomic mass is 19.2. The van der Waals surface area contributed by atoms with Crippen LogP contribution >= 0.6 is 0 Å². The summed E-state index contributed by atoms with van der Waals surface area (Å²) < 4.78 is 26.5. The first kappa shape index (κ1) is 12.4. The van der Waals surface area contributed by atoms with Crippen LogP contribution in [0.15, 0.2) is 36.5 Å². The molecule has 0 fully saturated rings. The summed E-state index contributed by atoms with van der Waals surface area (Å²) in [6.45, 7) is 0. The first-order chi connectivity index (χ1) is 8.58. The van der Waals surface area contributed by atoms with Crippen LogP contribution in [-0.2, 0) is 6.42 Å². The van der Waals surface area contributed by atoms with E-state index in [4.69, 9.17) is 5.73 Å². The molecule has 0 amide bonds. The number of anilines is 1. The van der Waals surface area contributed by atoms with Crippen molar-refractivity contribution in [3.8, 4) is 0 Å². The van der Waals surface area contributed by atoms with E-state index in [9.17, 15) is 13.9 Å². The third-order valence-corrected chi connectivity index (χ3v) is 2.62. The van der Waals surface area contributed by atoms with E-state index in [1.54, 1.807) is 12.1 Å². The monoisotopic (exact) mass is 250 g/mol. The summed E-state index contributed by atoms with van der Waals surface area (Å²) in [6.07, 6.45) is 0.523. The van der Waals surface area contributed by atoms with Gasteiger partial charge < -0.3 is 10.8 Å². The van der Waals surface area contributed by atoms with Crippen molar-refractivity contribution in [1.29, 1.82) is 0 Å². The van der Waals surface area contributed by atoms with Gasteiger partial charge in [-0.25, -0.2) is 13.8 Å². The van der Waals surface area contributed by atoms with Gasteiger partial charge in [-0.2, -0.15) is 0 Å². The van der Waals surface area contributed by atoms with E-state index in [-0.39, 0.29) is 12.0 Å². The minimum Gasteiger partial charge on any atom is -0.388 e. The lowest BCUT2D eigenvalue weighted by Gasteiger charge is -2.12. The highest BCUT2D eigenvalue weighted by molar-refractivity contribution is 5.33. The third kappa shape index (κ3) is 2.62. The van der Waals surface area contributed by atoms with Crippen molar-refractivity contribution in [3.63, 3.8) is 0 Å². The predicted molar refractivity (Wildman–Crippen MR) is 63.7 cm³/mol. The van der Waals surface area contributed by atoms with E-state index in [2.05, 4.69) is 4.98 Å². The van der Waals surface area contributed by atoms with E-state index in [1.807, 2.05) is 0 Å². The van der Waals surface area contributed by atoms with Crippen LogP contribution in [0, 0.1) is 11.6 Å². The van der Waals surface area contributed by atoms with Gasteiger partial charge in [-0.1, -0.05) is 12.1 Å². The Kier molecular flexibility index (Phi) is 3.53. The second-order valence-electron chi connectivity index (χ2n) is 3.95. The summed E-state index contributed by atoms with van der Waals surface area (Å²) in [5.74, 6) is -1.67. The number of aliphatic hydroxyl groups is 1. The maximum absolute atomic E-state index is 13.5. The number of nitrogen functional groups attached to an aromatic ring is 1. The Morgan fingerprint density at radius 3 is 2.78 bits per heavy atom. The molecule has 0 saturated carbocycles. The molecule has 1 unspecified atom stereocenters. The van der Waals surface area contributed by atoms with Gasteiger partial charge >= 0.3 is 0 Å². The van der Waals surface area contributed by atoms with Gasteiger partial charge in [0, 0.05) is 18.2 Å². The smallest absolute Gasteiger partial charge is 0.164 e. The van der Waals surface area contributed by atoms with Crippen molar-refractivity contribution in [1.82, 2.24) is 4.98 Å². The lowest BCUT2D eigenvalue weighted by Crippen LogP contribution is -2.06. The molecule has 2 rings (SSSR count). The highest BCUT2D eigenvalue weighted by Gasteiger charge is 2.16. The number of hydrogen-bond donors (Lipinski definition) is 2. The van der Waals surface area contributed by atoms with Crippen molar-refractivity contribution in [3.05, 3.63) is 59.3 Å². The Labute approximate surface area is 103 Å². The summed E-state index contributed by atoms with van der Waals surface area (Å²) >= 11 is 0. The van der Waals surface area contributed by atoms with Crippen molar-refractivity contribution in [2.75, 3.05) is 5.73 Å². The van der Waals surface area contributed by atoms with Crippen LogP contribution in [0.4, 0.5) is 14.6 Å². The molecular weight excluding hydrogens is 238 g/mol. The van der Waals surface area contributed by atoms with Gasteiger partial charge in [0.15, 0.2) is 11.6 Å². The van der Waals surface area contributed by atoms with Crippen molar-refractivity contribution >= 4 is 5.82 Å². The molecule has 94 valence electrons. The fourth-order valence-electron chi connectivity index (χ4n) is 1.73. The number of pyridine rings is 1. The van der Waals surface area contributed by atoms with E-state index in [1.165, 1.54) is 18.3 Å². The van der Waals surface area contributed by atoms with Gasteiger partial charge in [0.2, 0.25) is 0 Å². The molecule has 0 aliphatic rings. The SMILES string of the molecule is Nc1cc(CC(O)c2cccc(F)c2F)ccn1. The Morgan fingerprint density at radius 2 is 2.06 bits per heavy atom. The summed E-state index contributed by atoms with van der Waals surface area (Å²) in [6, 6.07) is 6.97. The van der Waals surface area contributed by atoms with Gasteiger partial charge in [0.1, 0.15) is 5.82 Å². The molecule has 5 heteroatoms. The minimum atomic E-state index is -1.12. The van der Waals surface area contributed by atoms with Crippen molar-refractivity contribution in [2.24, 2.45) is 0 Å². The Morgan fingerprint density at radius 1 is 1.28 bits per heavy atom. The fourth-order valence-corrected chi connectivity index (χ4v) is 1.73. The molecule has 0 aliphatic carbocycles. The normalized spacial score (nSPS) is 12.4. The number of nitrogens with zero attached hydrogens (tertiary/aromatic N) is 1. The van der Waals surface area contributed by atoms with Gasteiger partial charge in [0.05, 0.1) is 6.10 Å². The molecule has 1 heterocycles. The molecule has 1 aromatic heterocycles. The number of rotatable bonds is 3. The van der Waals surface area contributed by atoms with E-state index < -0.39 is 17.7 Å². The van der Waals surface area contributed by atoms with Gasteiger partial charge in [-0.15, -0.1) is 0 Å². The van der Waals surface area contributed by atoms with Crippen molar-refractivity contribution < 1.29 is 13.9 Å². The number of aromatic nitrogens is 1. The maximum atomic E-state index is 13.5. The molecule has 2 aromatic rings. The molecular formula is C13H12F2N2O. The zero-order valence-electron chi connectivity index (χ0n) is 9.48. The first-order valence-corrected chi connectivity index (χ1v) is 5.40. The van der Waals surface area contributed by atoms with E-state index in [0.29, 0.717) is 11.4 Å². The van der Waals surface area contributed by atoms with Crippen LogP contribution in [0.1, 0.15) is 17.2 Å². The van der Waals surface area contributed by atoms with Gasteiger partial charge in [-0.3, -0.25) is 0 Å². The van der Waals surface area contributed by atoms with Gasteiger partial charge in [-0.05, 0) is 23.8 Å². The Hall–Kier alpha value is -2.01. The molecule has 1 atom stereocenters. The number of benzene rings is 1. The van der Waals surface area contributed by atoms with Crippen LogP contribution in [0.5, 0.6) is 0 Å². The zero-order valence-corrected chi connectivity index (χ0v) is 9.48. The van der Waals surface area contributed by atoms with Crippen LogP contribution in [0.2, 0.25) is 0 Å².